The number of fused-ring (bicyclic) bond motifs is 2. The van der Waals surface area contributed by atoms with Crippen LogP contribution in [0.4, 0.5) is 0 Å². The van der Waals surface area contributed by atoms with Gasteiger partial charge in [-0.15, -0.1) is 6.42 Å². The highest BCUT2D eigenvalue weighted by atomic mass is 16.5. The summed E-state index contributed by atoms with van der Waals surface area (Å²) in [5, 5.41) is 1.33. The third-order valence-electron chi connectivity index (χ3n) is 5.82. The Hall–Kier alpha value is -3.90. The summed E-state index contributed by atoms with van der Waals surface area (Å²) in [6, 6.07) is 13.8. The fourth-order valence-electron chi connectivity index (χ4n) is 4.08. The molecule has 8 nitrogen and oxygen atoms in total. The van der Waals surface area contributed by atoms with E-state index >= 15 is 0 Å². The summed E-state index contributed by atoms with van der Waals surface area (Å²) in [5.41, 5.74) is 0.975. The molecule has 0 saturated heterocycles. The van der Waals surface area contributed by atoms with Gasteiger partial charge in [-0.3, -0.25) is 4.90 Å². The number of terminal acetylenes is 1. The number of para-hydroxylation sites is 1. The third kappa shape index (κ3) is 5.50. The van der Waals surface area contributed by atoms with Crippen molar-refractivity contribution in [3.8, 4) is 29.2 Å². The second kappa shape index (κ2) is 11.7. The molecule has 0 N–H and O–H groups in total. The van der Waals surface area contributed by atoms with Crippen LogP contribution in [0.5, 0.6) is 5.75 Å². The molecule has 4 aromatic rings. The van der Waals surface area contributed by atoms with Crippen molar-refractivity contribution < 1.29 is 23.0 Å². The van der Waals surface area contributed by atoms with E-state index in [-0.39, 0.29) is 12.2 Å². The average Bonchev–Trinajstić information content (AvgIpc) is 2.88. The fourth-order valence-corrected chi connectivity index (χ4v) is 4.08. The van der Waals surface area contributed by atoms with Gasteiger partial charge in [0.15, 0.2) is 0 Å². The average molecular weight is 490 g/mol. The van der Waals surface area contributed by atoms with Crippen LogP contribution < -0.4 is 16.0 Å². The van der Waals surface area contributed by atoms with Crippen molar-refractivity contribution in [3.05, 3.63) is 74.9 Å². The van der Waals surface area contributed by atoms with Crippen molar-refractivity contribution in [2.75, 3.05) is 47.1 Å². The fraction of sp³-hybridized carbons (Fsp3) is 0.286. The third-order valence-corrected chi connectivity index (χ3v) is 5.82. The van der Waals surface area contributed by atoms with Gasteiger partial charge in [-0.25, -0.2) is 9.59 Å². The first-order valence-electron chi connectivity index (χ1n) is 11.4. The molecular formula is C28H27NO7. The van der Waals surface area contributed by atoms with Gasteiger partial charge in [0.1, 0.15) is 23.5 Å². The van der Waals surface area contributed by atoms with E-state index < -0.39 is 11.3 Å². The molecule has 0 radical (unpaired) electrons. The molecule has 0 amide bonds. The largest absolute Gasteiger partial charge is 0.480 e. The van der Waals surface area contributed by atoms with Crippen LogP contribution >= 0.6 is 0 Å². The van der Waals surface area contributed by atoms with Crippen molar-refractivity contribution in [2.45, 2.75) is 6.54 Å². The van der Waals surface area contributed by atoms with E-state index in [9.17, 15) is 9.59 Å². The Morgan fingerprint density at radius 2 is 1.69 bits per heavy atom. The zero-order valence-corrected chi connectivity index (χ0v) is 20.2. The van der Waals surface area contributed by atoms with Gasteiger partial charge >= 0.3 is 11.3 Å². The van der Waals surface area contributed by atoms with E-state index in [2.05, 4.69) is 10.8 Å². The second-order valence-electron chi connectivity index (χ2n) is 8.14. The summed E-state index contributed by atoms with van der Waals surface area (Å²) in [6.07, 6.45) is 5.42. The molecule has 0 atom stereocenters. The summed E-state index contributed by atoms with van der Waals surface area (Å²) >= 11 is 0. The summed E-state index contributed by atoms with van der Waals surface area (Å²) in [6.45, 7) is 2.66. The highest BCUT2D eigenvalue weighted by Gasteiger charge is 2.20. The number of hydrogen-bond donors (Lipinski definition) is 0. The number of methoxy groups -OCH3 is 2. The molecule has 2 aromatic carbocycles. The number of benzene rings is 2. The van der Waals surface area contributed by atoms with Crippen LogP contribution in [-0.4, -0.2) is 52.0 Å². The highest BCUT2D eigenvalue weighted by Crippen LogP contribution is 2.34. The molecule has 2 heterocycles. The Morgan fingerprint density at radius 1 is 0.944 bits per heavy atom. The summed E-state index contributed by atoms with van der Waals surface area (Å²) in [7, 11) is 3.27. The van der Waals surface area contributed by atoms with Crippen LogP contribution in [-0.2, 0) is 16.0 Å². The predicted molar refractivity (Wildman–Crippen MR) is 137 cm³/mol. The van der Waals surface area contributed by atoms with Gasteiger partial charge in [0.2, 0.25) is 0 Å². The lowest BCUT2D eigenvalue weighted by molar-refractivity contribution is 0.109. The lowest BCUT2D eigenvalue weighted by atomic mass is 9.99. The molecule has 0 aliphatic heterocycles. The number of ether oxygens (including phenoxy) is 3. The monoisotopic (exact) mass is 489 g/mol. The maximum absolute atomic E-state index is 12.9. The summed E-state index contributed by atoms with van der Waals surface area (Å²) < 4.78 is 27.5. The van der Waals surface area contributed by atoms with E-state index in [1.54, 1.807) is 44.6 Å². The van der Waals surface area contributed by atoms with Crippen molar-refractivity contribution in [1.29, 1.82) is 0 Å². The molecule has 0 bridgehead atoms. The van der Waals surface area contributed by atoms with Gasteiger partial charge in [-0.05, 0) is 24.3 Å². The van der Waals surface area contributed by atoms with Gasteiger partial charge in [0.05, 0.1) is 24.3 Å². The predicted octanol–water partition coefficient (Wildman–Crippen LogP) is 3.67. The Labute approximate surface area is 208 Å². The standard InChI is InChI=1S/C28H27NO7/c1-4-13-34-25-10-9-20-21(22-16-19-7-5-6-8-24(19)35-28(22)31)17-26(30)36-27(20)23(25)18-29(11-14-32-2)12-15-33-3/h1,5-10,16-17H,11-15,18H2,2-3H3. The van der Waals surface area contributed by atoms with Gasteiger partial charge in [0, 0.05) is 56.3 Å². The molecule has 8 heteroatoms. The minimum absolute atomic E-state index is 0.0484. The summed E-state index contributed by atoms with van der Waals surface area (Å²) in [5.74, 6) is 2.96. The van der Waals surface area contributed by atoms with E-state index in [4.69, 9.17) is 29.5 Å². The molecular weight excluding hydrogens is 462 g/mol. The van der Waals surface area contributed by atoms with Gasteiger partial charge < -0.3 is 23.0 Å². The SMILES string of the molecule is C#CCOc1ccc2c(-c3cc4ccccc4oc3=O)cc(=O)oc2c1CN(CCOC)CCOC. The van der Waals surface area contributed by atoms with E-state index in [1.165, 1.54) is 6.07 Å². The molecule has 0 fully saturated rings. The molecule has 0 aliphatic carbocycles. The maximum Gasteiger partial charge on any atom is 0.344 e. The Balaban J connectivity index is 1.91. The maximum atomic E-state index is 12.9. The first-order chi connectivity index (χ1) is 17.5. The van der Waals surface area contributed by atoms with E-state index in [1.807, 2.05) is 12.1 Å². The van der Waals surface area contributed by atoms with Crippen LogP contribution in [0.1, 0.15) is 5.56 Å². The molecule has 0 spiro atoms. The lowest BCUT2D eigenvalue weighted by Crippen LogP contribution is -2.30. The molecule has 4 rings (SSSR count). The summed E-state index contributed by atoms with van der Waals surface area (Å²) in [4.78, 5) is 27.7. The quantitative estimate of drug-likeness (QED) is 0.233. The van der Waals surface area contributed by atoms with Crippen molar-refractivity contribution in [2.24, 2.45) is 0 Å². The molecule has 36 heavy (non-hydrogen) atoms. The Bertz CT molecular complexity index is 1500. The lowest BCUT2D eigenvalue weighted by Gasteiger charge is -2.23. The van der Waals surface area contributed by atoms with E-state index in [0.29, 0.717) is 66.3 Å². The van der Waals surface area contributed by atoms with Crippen LogP contribution in [0.25, 0.3) is 33.1 Å². The number of nitrogens with zero attached hydrogens (tertiary/aromatic N) is 1. The first-order valence-corrected chi connectivity index (χ1v) is 11.4. The minimum Gasteiger partial charge on any atom is -0.480 e. The Kier molecular flexibility index (Phi) is 8.18. The Morgan fingerprint density at radius 3 is 2.42 bits per heavy atom. The first kappa shape index (κ1) is 25.2. The normalized spacial score (nSPS) is 11.3. The number of rotatable bonds is 11. The molecule has 0 saturated carbocycles. The van der Waals surface area contributed by atoms with Gasteiger partial charge in [0.25, 0.3) is 0 Å². The van der Waals surface area contributed by atoms with Crippen LogP contribution in [0, 0.1) is 12.3 Å². The second-order valence-corrected chi connectivity index (χ2v) is 8.14. The van der Waals surface area contributed by atoms with Crippen molar-refractivity contribution in [1.82, 2.24) is 4.90 Å². The van der Waals surface area contributed by atoms with Crippen LogP contribution in [0.3, 0.4) is 0 Å². The molecule has 0 unspecified atom stereocenters. The van der Waals surface area contributed by atoms with Crippen molar-refractivity contribution in [3.63, 3.8) is 0 Å². The van der Waals surface area contributed by atoms with Crippen LogP contribution in [0.2, 0.25) is 0 Å². The zero-order valence-electron chi connectivity index (χ0n) is 20.2. The van der Waals surface area contributed by atoms with E-state index in [0.717, 1.165) is 5.39 Å². The van der Waals surface area contributed by atoms with Gasteiger partial charge in [-0.1, -0.05) is 24.1 Å². The topological polar surface area (TPSA) is 91.4 Å². The molecule has 0 aliphatic rings. The smallest absolute Gasteiger partial charge is 0.344 e. The molecule has 2 aromatic heterocycles. The molecule has 186 valence electrons. The van der Waals surface area contributed by atoms with Gasteiger partial charge in [-0.2, -0.15) is 0 Å². The highest BCUT2D eigenvalue weighted by molar-refractivity contribution is 5.97. The zero-order chi connectivity index (χ0) is 25.5. The number of hydrogen-bond acceptors (Lipinski definition) is 8. The van der Waals surface area contributed by atoms with Crippen LogP contribution in [0.15, 0.2) is 67.0 Å². The minimum atomic E-state index is -0.597. The van der Waals surface area contributed by atoms with Crippen molar-refractivity contribution >= 4 is 21.9 Å².